The van der Waals surface area contributed by atoms with E-state index in [0.717, 1.165) is 0 Å². The Labute approximate surface area is 205 Å². The predicted octanol–water partition coefficient (Wildman–Crippen LogP) is 6.89. The summed E-state index contributed by atoms with van der Waals surface area (Å²) in [4.78, 5) is 9.74. The Bertz CT molecular complexity index is 1290. The molecule has 19 heteroatoms. The van der Waals surface area contributed by atoms with Crippen LogP contribution in [-0.4, -0.2) is 45.5 Å². The van der Waals surface area contributed by atoms with Gasteiger partial charge in [-0.15, -0.1) is 0 Å². The largest absolute Gasteiger partial charge is 0.460 e. The minimum Gasteiger partial charge on any atom is -0.457 e. The molecular formula is C20H6F15N3O. The normalized spacial score (nSPS) is 13.1. The molecule has 0 atom stereocenters. The van der Waals surface area contributed by atoms with Gasteiger partial charge in [-0.1, -0.05) is 0 Å². The third-order valence-electron chi connectivity index (χ3n) is 4.69. The molecule has 0 spiro atoms. The molecule has 39 heavy (non-hydrogen) atoms. The van der Waals surface area contributed by atoms with Gasteiger partial charge >= 0.3 is 30.0 Å². The molecule has 0 aliphatic rings. The van der Waals surface area contributed by atoms with E-state index in [0.29, 0.717) is 0 Å². The Morgan fingerprint density at radius 3 is 1.23 bits per heavy atom. The molecule has 0 bridgehead atoms. The van der Waals surface area contributed by atoms with Gasteiger partial charge in [0.25, 0.3) is 0 Å². The molecule has 0 saturated carbocycles. The summed E-state index contributed by atoms with van der Waals surface area (Å²) in [6, 6.07) is -0.921. The standard InChI is InChI=1S/C20H6F15N3O/c21-8-1-6(2-9(22)12(8)25)14-36-15(7-3-10(23)13(26)11(24)4-7)38-16(37-14)39-5-17(27,28)18(29,30)19(31,32)20(33,34)35/h1-4H,5H2. The van der Waals surface area contributed by atoms with Gasteiger partial charge in [0, 0.05) is 11.1 Å². The van der Waals surface area contributed by atoms with Crippen molar-refractivity contribution >= 4 is 0 Å². The summed E-state index contributed by atoms with van der Waals surface area (Å²) in [7, 11) is 0. The van der Waals surface area contributed by atoms with Gasteiger partial charge in [0.1, 0.15) is 0 Å². The molecular weight excluding hydrogens is 583 g/mol. The van der Waals surface area contributed by atoms with Crippen molar-refractivity contribution in [1.82, 2.24) is 15.0 Å². The zero-order valence-electron chi connectivity index (χ0n) is 17.9. The minimum absolute atomic E-state index is 0.180. The van der Waals surface area contributed by atoms with Crippen LogP contribution in [0.5, 0.6) is 6.01 Å². The van der Waals surface area contributed by atoms with Crippen LogP contribution < -0.4 is 4.74 Å². The zero-order valence-corrected chi connectivity index (χ0v) is 17.9. The van der Waals surface area contributed by atoms with Gasteiger partial charge in [0.05, 0.1) is 0 Å². The molecule has 0 unspecified atom stereocenters. The summed E-state index contributed by atoms with van der Waals surface area (Å²) >= 11 is 0. The molecule has 2 aromatic carbocycles. The number of benzene rings is 2. The molecule has 0 fully saturated rings. The van der Waals surface area contributed by atoms with Gasteiger partial charge in [-0.25, -0.2) is 31.3 Å². The lowest BCUT2D eigenvalue weighted by atomic mass is 10.0. The van der Waals surface area contributed by atoms with Crippen LogP contribution in [0.15, 0.2) is 24.3 Å². The number of hydrogen-bond donors (Lipinski definition) is 0. The van der Waals surface area contributed by atoms with E-state index in [1.54, 1.807) is 0 Å². The lowest BCUT2D eigenvalue weighted by molar-refractivity contribution is -0.398. The maximum Gasteiger partial charge on any atom is 0.460 e. The predicted molar refractivity (Wildman–Crippen MR) is 96.8 cm³/mol. The highest BCUT2D eigenvalue weighted by molar-refractivity contribution is 5.61. The van der Waals surface area contributed by atoms with E-state index in [1.807, 2.05) is 0 Å². The van der Waals surface area contributed by atoms with E-state index in [-0.39, 0.29) is 24.3 Å². The van der Waals surface area contributed by atoms with Crippen molar-refractivity contribution in [2.45, 2.75) is 23.9 Å². The first-order valence-corrected chi connectivity index (χ1v) is 9.58. The third-order valence-corrected chi connectivity index (χ3v) is 4.69. The third kappa shape index (κ3) is 5.38. The smallest absolute Gasteiger partial charge is 0.457 e. The van der Waals surface area contributed by atoms with Gasteiger partial charge < -0.3 is 4.74 Å². The first-order valence-electron chi connectivity index (χ1n) is 9.58. The second-order valence-corrected chi connectivity index (χ2v) is 7.41. The lowest BCUT2D eigenvalue weighted by Gasteiger charge is -2.33. The van der Waals surface area contributed by atoms with Crippen molar-refractivity contribution in [2.75, 3.05) is 6.61 Å². The molecule has 3 aromatic rings. The Hall–Kier alpha value is -3.80. The maximum absolute atomic E-state index is 13.9. The molecule has 1 aromatic heterocycles. The Morgan fingerprint density at radius 1 is 0.538 bits per heavy atom. The van der Waals surface area contributed by atoms with Crippen LogP contribution in [0.1, 0.15) is 0 Å². The topological polar surface area (TPSA) is 47.9 Å². The molecule has 0 saturated heterocycles. The van der Waals surface area contributed by atoms with E-state index in [1.165, 1.54) is 0 Å². The van der Waals surface area contributed by atoms with E-state index >= 15 is 0 Å². The van der Waals surface area contributed by atoms with Crippen LogP contribution in [0.25, 0.3) is 22.8 Å². The van der Waals surface area contributed by atoms with Crippen molar-refractivity contribution in [3.05, 3.63) is 59.2 Å². The van der Waals surface area contributed by atoms with Crippen LogP contribution in [0.4, 0.5) is 65.9 Å². The number of aromatic nitrogens is 3. The van der Waals surface area contributed by atoms with Crippen molar-refractivity contribution < 1.29 is 70.6 Å². The van der Waals surface area contributed by atoms with E-state index in [9.17, 15) is 65.9 Å². The number of nitrogens with zero attached hydrogens (tertiary/aromatic N) is 3. The molecule has 4 nitrogen and oxygen atoms in total. The Balaban J connectivity index is 2.11. The number of hydrogen-bond acceptors (Lipinski definition) is 4. The molecule has 0 N–H and O–H groups in total. The van der Waals surface area contributed by atoms with Gasteiger partial charge in [-0.05, 0) is 24.3 Å². The van der Waals surface area contributed by atoms with Gasteiger partial charge in [0.2, 0.25) is 0 Å². The second kappa shape index (κ2) is 9.74. The maximum atomic E-state index is 13.9. The fourth-order valence-corrected chi connectivity index (χ4v) is 2.70. The zero-order chi connectivity index (χ0) is 29.7. The molecule has 0 aliphatic heterocycles. The van der Waals surface area contributed by atoms with Gasteiger partial charge in [-0.2, -0.15) is 49.5 Å². The fraction of sp³-hybridized carbons (Fsp3) is 0.250. The number of ether oxygens (including phenoxy) is 1. The molecule has 0 aliphatic carbocycles. The number of halogens is 15. The van der Waals surface area contributed by atoms with E-state index in [2.05, 4.69) is 19.7 Å². The average Bonchev–Trinajstić information content (AvgIpc) is 2.82. The summed E-state index contributed by atoms with van der Waals surface area (Å²) in [6.07, 6.45) is -7.14. The Kier molecular flexibility index (Phi) is 7.43. The van der Waals surface area contributed by atoms with E-state index in [4.69, 9.17) is 0 Å². The molecule has 0 radical (unpaired) electrons. The van der Waals surface area contributed by atoms with E-state index < -0.39 is 94.2 Å². The average molecular weight is 589 g/mol. The van der Waals surface area contributed by atoms with Crippen molar-refractivity contribution in [1.29, 1.82) is 0 Å². The van der Waals surface area contributed by atoms with Crippen LogP contribution in [0, 0.1) is 34.9 Å². The van der Waals surface area contributed by atoms with Crippen LogP contribution in [-0.2, 0) is 0 Å². The summed E-state index contributed by atoms with van der Waals surface area (Å²) in [5.74, 6) is -34.5. The number of rotatable bonds is 7. The quantitative estimate of drug-likeness (QED) is 0.223. The first kappa shape index (κ1) is 29.8. The van der Waals surface area contributed by atoms with Crippen LogP contribution in [0.2, 0.25) is 0 Å². The summed E-state index contributed by atoms with van der Waals surface area (Å²) in [5.41, 5.74) is -1.74. The summed E-state index contributed by atoms with van der Waals surface area (Å²) in [5, 5.41) is 0. The SMILES string of the molecule is Fc1cc(-c2nc(OCC(F)(F)C(F)(F)C(F)(F)C(F)(F)F)nc(-c3cc(F)c(F)c(F)c3)n2)cc(F)c1F. The van der Waals surface area contributed by atoms with Crippen molar-refractivity contribution in [3.8, 4) is 28.8 Å². The summed E-state index contributed by atoms with van der Waals surface area (Å²) < 4.78 is 203. The highest BCUT2D eigenvalue weighted by Crippen LogP contribution is 2.53. The van der Waals surface area contributed by atoms with Crippen molar-refractivity contribution in [3.63, 3.8) is 0 Å². The highest BCUT2D eigenvalue weighted by atomic mass is 19.4. The van der Waals surface area contributed by atoms with Gasteiger partial charge in [0.15, 0.2) is 53.2 Å². The second-order valence-electron chi connectivity index (χ2n) is 7.41. The molecule has 0 amide bonds. The molecule has 3 rings (SSSR count). The number of alkyl halides is 9. The Morgan fingerprint density at radius 2 is 0.897 bits per heavy atom. The van der Waals surface area contributed by atoms with Crippen LogP contribution >= 0.6 is 0 Å². The first-order chi connectivity index (χ1) is 17.7. The lowest BCUT2D eigenvalue weighted by Crippen LogP contribution is -2.62. The summed E-state index contributed by atoms with van der Waals surface area (Å²) in [6.45, 7) is -2.98. The van der Waals surface area contributed by atoms with Gasteiger partial charge in [-0.3, -0.25) is 0 Å². The molecule has 212 valence electrons. The fourth-order valence-electron chi connectivity index (χ4n) is 2.70. The van der Waals surface area contributed by atoms with Crippen LogP contribution in [0.3, 0.4) is 0 Å². The monoisotopic (exact) mass is 589 g/mol. The minimum atomic E-state index is -7.27. The highest BCUT2D eigenvalue weighted by Gasteiger charge is 2.82. The molecule has 1 heterocycles. The van der Waals surface area contributed by atoms with Crippen molar-refractivity contribution in [2.24, 2.45) is 0 Å².